The maximum atomic E-state index is 12.7. The zero-order chi connectivity index (χ0) is 24.1. The van der Waals surface area contributed by atoms with Crippen molar-refractivity contribution in [2.75, 3.05) is 13.2 Å². The Kier molecular flexibility index (Phi) is 13.6. The first-order valence-corrected chi connectivity index (χ1v) is 10.6. The summed E-state index contributed by atoms with van der Waals surface area (Å²) in [6.07, 6.45) is 1.65. The number of amides is 3. The number of carbonyl (C=O) groups is 4. The number of carbonyl (C=O) groups excluding carboxylic acids is 3. The van der Waals surface area contributed by atoms with Crippen LogP contribution in [0, 0.1) is 11.8 Å². The van der Waals surface area contributed by atoms with E-state index < -0.39 is 54.5 Å². The summed E-state index contributed by atoms with van der Waals surface area (Å²) in [6.45, 7) is 6.85. The normalized spacial score (nSPS) is 15.1. The number of nitrogens with one attached hydrogen (secondary N) is 3. The summed E-state index contributed by atoms with van der Waals surface area (Å²) < 4.78 is 0. The lowest BCUT2D eigenvalue weighted by atomic mass is 10.0. The lowest BCUT2D eigenvalue weighted by Crippen LogP contribution is -2.58. The van der Waals surface area contributed by atoms with Gasteiger partial charge < -0.3 is 37.6 Å². The Bertz CT molecular complexity index is 599. The second-order valence-electron chi connectivity index (χ2n) is 8.39. The van der Waals surface area contributed by atoms with Crippen LogP contribution in [0.5, 0.6) is 0 Å². The minimum atomic E-state index is -1.37. The van der Waals surface area contributed by atoms with Crippen LogP contribution in [0.3, 0.4) is 0 Å². The number of hydrogen-bond donors (Lipinski definition) is 7. The van der Waals surface area contributed by atoms with Gasteiger partial charge in [0, 0.05) is 0 Å². The van der Waals surface area contributed by atoms with Gasteiger partial charge in [-0.05, 0) is 44.1 Å². The van der Waals surface area contributed by atoms with Crippen LogP contribution in [0.15, 0.2) is 0 Å². The Morgan fingerprint density at radius 3 is 1.81 bits per heavy atom. The molecule has 0 saturated carbocycles. The quantitative estimate of drug-likeness (QED) is 0.150. The molecule has 4 atom stereocenters. The second kappa shape index (κ2) is 14.7. The molecule has 0 rings (SSSR count). The van der Waals surface area contributed by atoms with E-state index in [-0.39, 0.29) is 24.7 Å². The van der Waals surface area contributed by atoms with Crippen molar-refractivity contribution in [3.63, 3.8) is 0 Å². The molecule has 0 fully saturated rings. The topological polar surface area (TPSA) is 197 Å². The highest BCUT2D eigenvalue weighted by Gasteiger charge is 2.30. The third-order valence-electron chi connectivity index (χ3n) is 4.74. The predicted octanol–water partition coefficient (Wildman–Crippen LogP) is -1.32. The smallest absolute Gasteiger partial charge is 0.326 e. The van der Waals surface area contributed by atoms with Crippen molar-refractivity contribution in [3.05, 3.63) is 0 Å². The Morgan fingerprint density at radius 2 is 1.35 bits per heavy atom. The average molecular weight is 446 g/mol. The van der Waals surface area contributed by atoms with E-state index in [0.29, 0.717) is 19.4 Å². The fourth-order valence-corrected chi connectivity index (χ4v) is 2.76. The molecule has 0 aromatic carbocycles. The van der Waals surface area contributed by atoms with Crippen molar-refractivity contribution in [1.82, 2.24) is 16.0 Å². The molecule has 0 aliphatic carbocycles. The van der Waals surface area contributed by atoms with E-state index in [0.717, 1.165) is 0 Å². The van der Waals surface area contributed by atoms with E-state index in [1.54, 1.807) is 13.8 Å². The first kappa shape index (κ1) is 28.8. The van der Waals surface area contributed by atoms with Crippen LogP contribution in [0.25, 0.3) is 0 Å². The Labute approximate surface area is 183 Å². The zero-order valence-electron chi connectivity index (χ0n) is 18.9. The van der Waals surface area contributed by atoms with Gasteiger partial charge in [0.05, 0.1) is 12.6 Å². The van der Waals surface area contributed by atoms with Gasteiger partial charge in [0.2, 0.25) is 17.7 Å². The minimum absolute atomic E-state index is 0.0101. The maximum absolute atomic E-state index is 12.7. The lowest BCUT2D eigenvalue weighted by molar-refractivity contribution is -0.143. The zero-order valence-corrected chi connectivity index (χ0v) is 18.9. The molecule has 0 aromatic rings. The van der Waals surface area contributed by atoms with Crippen LogP contribution in [0.4, 0.5) is 0 Å². The summed E-state index contributed by atoms with van der Waals surface area (Å²) in [5, 5.41) is 26.2. The van der Waals surface area contributed by atoms with Crippen molar-refractivity contribution in [2.24, 2.45) is 23.3 Å². The van der Waals surface area contributed by atoms with Crippen molar-refractivity contribution < 1.29 is 29.4 Å². The fraction of sp³-hybridized carbons (Fsp3) is 0.800. The van der Waals surface area contributed by atoms with Crippen molar-refractivity contribution >= 4 is 23.7 Å². The molecule has 0 heterocycles. The summed E-state index contributed by atoms with van der Waals surface area (Å²) in [5.41, 5.74) is 11.3. The highest BCUT2D eigenvalue weighted by molar-refractivity contribution is 5.94. The molecule has 3 amide bonds. The molecule has 4 unspecified atom stereocenters. The molecule has 9 N–H and O–H groups in total. The molecule has 0 aliphatic rings. The Balaban J connectivity index is 5.23. The standard InChI is InChI=1S/C20H39N5O6/c1-11(2)9-14(20(30)31)24-18(28)15(10-26)25-17(27)13(7-5-6-8-21)23-19(29)16(22)12(3)4/h11-16,26H,5-10,21-22H2,1-4H3,(H,23,29)(H,24,28)(H,25,27)(H,30,31). The monoisotopic (exact) mass is 445 g/mol. The Hall–Kier alpha value is -2.24. The molecule has 0 aromatic heterocycles. The molecular formula is C20H39N5O6. The predicted molar refractivity (Wildman–Crippen MR) is 116 cm³/mol. The van der Waals surface area contributed by atoms with Gasteiger partial charge in [0.25, 0.3) is 0 Å². The first-order chi connectivity index (χ1) is 14.4. The van der Waals surface area contributed by atoms with Crippen LogP contribution in [-0.4, -0.2) is 71.2 Å². The maximum Gasteiger partial charge on any atom is 0.326 e. The van der Waals surface area contributed by atoms with E-state index in [2.05, 4.69) is 16.0 Å². The van der Waals surface area contributed by atoms with Crippen LogP contribution >= 0.6 is 0 Å². The number of hydrogen-bond acceptors (Lipinski definition) is 7. The summed E-state index contributed by atoms with van der Waals surface area (Å²) in [5.74, 6) is -3.34. The summed E-state index contributed by atoms with van der Waals surface area (Å²) in [4.78, 5) is 48.8. The van der Waals surface area contributed by atoms with Gasteiger partial charge in [-0.2, -0.15) is 0 Å². The number of aliphatic hydroxyl groups is 1. The van der Waals surface area contributed by atoms with Gasteiger partial charge in [-0.3, -0.25) is 14.4 Å². The third kappa shape index (κ3) is 11.1. The molecule has 31 heavy (non-hydrogen) atoms. The van der Waals surface area contributed by atoms with E-state index in [1.165, 1.54) is 0 Å². The molecule has 11 nitrogen and oxygen atoms in total. The van der Waals surface area contributed by atoms with Crippen molar-refractivity contribution in [3.8, 4) is 0 Å². The number of carboxylic acids is 1. The summed E-state index contributed by atoms with van der Waals surface area (Å²) in [7, 11) is 0. The molecular weight excluding hydrogens is 406 g/mol. The lowest BCUT2D eigenvalue weighted by Gasteiger charge is -2.25. The highest BCUT2D eigenvalue weighted by atomic mass is 16.4. The first-order valence-electron chi connectivity index (χ1n) is 10.6. The van der Waals surface area contributed by atoms with Gasteiger partial charge >= 0.3 is 5.97 Å². The average Bonchev–Trinajstić information content (AvgIpc) is 2.69. The molecule has 0 radical (unpaired) electrons. The SMILES string of the molecule is CC(C)CC(NC(=O)C(CO)NC(=O)C(CCCCN)NC(=O)C(N)C(C)C)C(=O)O. The number of unbranched alkanes of at least 4 members (excludes halogenated alkanes) is 1. The van der Waals surface area contributed by atoms with E-state index in [4.69, 9.17) is 11.5 Å². The summed E-state index contributed by atoms with van der Waals surface area (Å²) >= 11 is 0. The van der Waals surface area contributed by atoms with Crippen LogP contribution in [0.1, 0.15) is 53.4 Å². The molecule has 0 aliphatic heterocycles. The summed E-state index contributed by atoms with van der Waals surface area (Å²) in [6, 6.07) is -4.30. The largest absolute Gasteiger partial charge is 0.480 e. The molecule has 180 valence electrons. The van der Waals surface area contributed by atoms with Crippen LogP contribution in [0.2, 0.25) is 0 Å². The van der Waals surface area contributed by atoms with E-state index in [1.807, 2.05) is 13.8 Å². The number of aliphatic hydroxyl groups excluding tert-OH is 1. The van der Waals surface area contributed by atoms with E-state index in [9.17, 15) is 29.4 Å². The number of aliphatic carboxylic acids is 1. The molecule has 0 saturated heterocycles. The number of carboxylic acid groups (broad SMARTS) is 1. The fourth-order valence-electron chi connectivity index (χ4n) is 2.76. The molecule has 0 spiro atoms. The molecule has 0 bridgehead atoms. The van der Waals surface area contributed by atoms with Gasteiger partial charge in [-0.25, -0.2) is 4.79 Å². The number of nitrogens with two attached hydrogens (primary N) is 2. The minimum Gasteiger partial charge on any atom is -0.480 e. The van der Waals surface area contributed by atoms with Crippen molar-refractivity contribution in [1.29, 1.82) is 0 Å². The van der Waals surface area contributed by atoms with Gasteiger partial charge in [-0.15, -0.1) is 0 Å². The van der Waals surface area contributed by atoms with Crippen LogP contribution in [-0.2, 0) is 19.2 Å². The third-order valence-corrected chi connectivity index (χ3v) is 4.74. The number of rotatable bonds is 15. The van der Waals surface area contributed by atoms with E-state index >= 15 is 0 Å². The Morgan fingerprint density at radius 1 is 0.839 bits per heavy atom. The second-order valence-corrected chi connectivity index (χ2v) is 8.39. The molecule has 11 heteroatoms. The van der Waals surface area contributed by atoms with Gasteiger partial charge in [-0.1, -0.05) is 27.7 Å². The highest BCUT2D eigenvalue weighted by Crippen LogP contribution is 2.07. The van der Waals surface area contributed by atoms with Crippen molar-refractivity contribution in [2.45, 2.75) is 77.5 Å². The van der Waals surface area contributed by atoms with Gasteiger partial charge in [0.15, 0.2) is 0 Å². The van der Waals surface area contributed by atoms with Gasteiger partial charge in [0.1, 0.15) is 18.1 Å². The van der Waals surface area contributed by atoms with Crippen LogP contribution < -0.4 is 27.4 Å².